The van der Waals surface area contributed by atoms with Crippen LogP contribution in [0.1, 0.15) is 66.6 Å². The highest BCUT2D eigenvalue weighted by molar-refractivity contribution is 6.07. The van der Waals surface area contributed by atoms with E-state index in [0.717, 1.165) is 58.6 Å². The number of nitrogens with one attached hydrogen (secondary N) is 3. The molecule has 0 unspecified atom stereocenters. The lowest BCUT2D eigenvalue weighted by Crippen LogP contribution is -2.40. The number of benzene rings is 1. The first-order chi connectivity index (χ1) is 15.1. The van der Waals surface area contributed by atoms with Gasteiger partial charge in [0.25, 0.3) is 5.91 Å². The molecule has 4 rings (SSSR count). The van der Waals surface area contributed by atoms with E-state index in [1.807, 2.05) is 13.0 Å². The zero-order valence-corrected chi connectivity index (χ0v) is 17.9. The predicted molar refractivity (Wildman–Crippen MR) is 125 cm³/mol. The maximum absolute atomic E-state index is 12.7. The van der Waals surface area contributed by atoms with Gasteiger partial charge in [-0.1, -0.05) is 49.1 Å². The molecule has 160 valence electrons. The maximum Gasteiger partial charge on any atom is 0.270 e. The summed E-state index contributed by atoms with van der Waals surface area (Å²) in [6.07, 6.45) is 15.3. The number of carbonyl (C=O) groups excluding carboxylic acids is 1. The van der Waals surface area contributed by atoms with Gasteiger partial charge in [0.15, 0.2) is 0 Å². The molecule has 1 aromatic carbocycles. The molecular formula is C25H29N5O. The number of carbonyl (C=O) groups is 1. The van der Waals surface area contributed by atoms with Crippen molar-refractivity contribution in [1.82, 2.24) is 15.4 Å². The number of rotatable bonds is 6. The van der Waals surface area contributed by atoms with Crippen molar-refractivity contribution in [2.45, 2.75) is 51.9 Å². The van der Waals surface area contributed by atoms with Gasteiger partial charge in [0, 0.05) is 11.1 Å². The summed E-state index contributed by atoms with van der Waals surface area (Å²) in [6, 6.07) is 7.82. The van der Waals surface area contributed by atoms with Gasteiger partial charge in [-0.15, -0.1) is 0 Å². The monoisotopic (exact) mass is 415 g/mol. The van der Waals surface area contributed by atoms with E-state index in [1.54, 1.807) is 11.6 Å². The average Bonchev–Trinajstić information content (AvgIpc) is 2.82. The third-order valence-electron chi connectivity index (χ3n) is 6.37. The van der Waals surface area contributed by atoms with Gasteiger partial charge in [0.05, 0.1) is 11.1 Å². The van der Waals surface area contributed by atoms with E-state index >= 15 is 0 Å². The summed E-state index contributed by atoms with van der Waals surface area (Å²) in [5.74, 6) is 0.405. The van der Waals surface area contributed by atoms with Crippen LogP contribution in [0.4, 0.5) is 0 Å². The molecule has 1 saturated carbocycles. The number of amides is 1. The summed E-state index contributed by atoms with van der Waals surface area (Å²) in [4.78, 5) is 17.4. The van der Waals surface area contributed by atoms with Crippen molar-refractivity contribution in [3.05, 3.63) is 58.8 Å². The lowest BCUT2D eigenvalue weighted by Gasteiger charge is -2.26. The number of hydrazine groups is 1. The van der Waals surface area contributed by atoms with Crippen molar-refractivity contribution in [1.29, 1.82) is 10.8 Å². The van der Waals surface area contributed by atoms with E-state index in [4.69, 9.17) is 10.8 Å². The van der Waals surface area contributed by atoms with Gasteiger partial charge < -0.3 is 0 Å². The van der Waals surface area contributed by atoms with Crippen molar-refractivity contribution < 1.29 is 4.79 Å². The minimum absolute atomic E-state index is 0.368. The van der Waals surface area contributed by atoms with Crippen molar-refractivity contribution in [2.75, 3.05) is 0 Å². The summed E-state index contributed by atoms with van der Waals surface area (Å²) >= 11 is 0. The molecule has 1 aromatic heterocycles. The topological polar surface area (TPSA) is 92.9 Å². The fourth-order valence-electron chi connectivity index (χ4n) is 4.74. The van der Waals surface area contributed by atoms with Gasteiger partial charge in [-0.05, 0) is 61.8 Å². The lowest BCUT2D eigenvalue weighted by atomic mass is 9.79. The highest BCUT2D eigenvalue weighted by Crippen LogP contribution is 2.37. The third kappa shape index (κ3) is 4.58. The first kappa shape index (κ1) is 21.0. The Bertz CT molecular complexity index is 1070. The number of hydrogen-bond acceptors (Lipinski definition) is 4. The highest BCUT2D eigenvalue weighted by atomic mass is 16.2. The second-order valence-corrected chi connectivity index (χ2v) is 8.42. The van der Waals surface area contributed by atoms with Crippen LogP contribution in [0.2, 0.25) is 0 Å². The Morgan fingerprint density at radius 2 is 1.87 bits per heavy atom. The Kier molecular flexibility index (Phi) is 6.26. The van der Waals surface area contributed by atoms with Crippen molar-refractivity contribution in [2.24, 2.45) is 5.92 Å². The summed E-state index contributed by atoms with van der Waals surface area (Å²) in [6.45, 7) is 1.87. The van der Waals surface area contributed by atoms with Crippen LogP contribution in [0, 0.1) is 23.7 Å². The third-order valence-corrected chi connectivity index (χ3v) is 6.37. The zero-order valence-electron chi connectivity index (χ0n) is 17.9. The minimum atomic E-state index is -0.368. The maximum atomic E-state index is 12.7. The van der Waals surface area contributed by atoms with Gasteiger partial charge in [-0.25, -0.2) is 5.01 Å². The molecule has 6 heteroatoms. The van der Waals surface area contributed by atoms with E-state index < -0.39 is 0 Å². The number of allylic oxidation sites excluding steroid dienone is 4. The number of nitrogens with zero attached hydrogens (tertiary/aromatic N) is 2. The molecule has 1 heterocycles. The molecule has 3 N–H and O–H groups in total. The van der Waals surface area contributed by atoms with Gasteiger partial charge in [0.2, 0.25) is 0 Å². The van der Waals surface area contributed by atoms with Crippen LogP contribution < -0.4 is 5.43 Å². The number of fused-ring (bicyclic) bond motifs is 1. The first-order valence-electron chi connectivity index (χ1n) is 11.0. The van der Waals surface area contributed by atoms with Gasteiger partial charge in [-0.2, -0.15) is 0 Å². The molecule has 0 atom stereocenters. The van der Waals surface area contributed by atoms with Gasteiger partial charge >= 0.3 is 0 Å². The Morgan fingerprint density at radius 3 is 2.55 bits per heavy atom. The molecule has 0 bridgehead atoms. The van der Waals surface area contributed by atoms with E-state index in [2.05, 4.69) is 34.7 Å². The molecule has 0 saturated heterocycles. The smallest absolute Gasteiger partial charge is 0.270 e. The molecule has 1 amide bonds. The summed E-state index contributed by atoms with van der Waals surface area (Å²) < 4.78 is 0. The molecule has 0 radical (unpaired) electrons. The normalized spacial score (nSPS) is 16.9. The van der Waals surface area contributed by atoms with Gasteiger partial charge in [-0.3, -0.25) is 26.0 Å². The molecular weight excluding hydrogens is 386 g/mol. The second-order valence-electron chi connectivity index (χ2n) is 8.42. The summed E-state index contributed by atoms with van der Waals surface area (Å²) in [5, 5.41) is 16.3. The lowest BCUT2D eigenvalue weighted by molar-refractivity contribution is 0.0911. The van der Waals surface area contributed by atoms with E-state index in [0.29, 0.717) is 5.56 Å². The number of aryl methyl sites for hydroxylation is 1. The van der Waals surface area contributed by atoms with Crippen LogP contribution in [0.25, 0.3) is 16.5 Å². The van der Waals surface area contributed by atoms with E-state index in [9.17, 15) is 4.79 Å². The van der Waals surface area contributed by atoms with Crippen LogP contribution in [-0.2, 0) is 0 Å². The Hall–Kier alpha value is -3.28. The average molecular weight is 416 g/mol. The quantitative estimate of drug-likeness (QED) is 0.335. The van der Waals surface area contributed by atoms with E-state index in [1.165, 1.54) is 37.7 Å². The predicted octanol–water partition coefficient (Wildman–Crippen LogP) is 5.39. The van der Waals surface area contributed by atoms with Crippen LogP contribution in [0.15, 0.2) is 42.0 Å². The highest BCUT2D eigenvalue weighted by Gasteiger charge is 2.20. The minimum Gasteiger partial charge on any atom is -0.289 e. The molecule has 2 aromatic rings. The fraction of sp³-hybridized carbons (Fsp3) is 0.360. The number of hydrogen-bond donors (Lipinski definition) is 3. The molecule has 0 spiro atoms. The van der Waals surface area contributed by atoms with Crippen LogP contribution in [0.5, 0.6) is 0 Å². The Balaban J connectivity index is 1.62. The van der Waals surface area contributed by atoms with E-state index in [-0.39, 0.29) is 5.91 Å². The first-order valence-corrected chi connectivity index (χ1v) is 11.0. The van der Waals surface area contributed by atoms with Crippen LogP contribution >= 0.6 is 0 Å². The number of aromatic nitrogens is 1. The molecule has 6 nitrogen and oxygen atoms in total. The SMILES string of the molecule is Cc1cc(C(=O)NN(C=N)C=N)c2ccc(C3=CC=C(C4CCCCC4)CC3)cc2n1. The Morgan fingerprint density at radius 1 is 1.10 bits per heavy atom. The Labute approximate surface area is 183 Å². The summed E-state index contributed by atoms with van der Waals surface area (Å²) in [7, 11) is 0. The molecule has 2 aliphatic rings. The molecule has 0 aliphatic heterocycles. The number of pyridine rings is 1. The zero-order chi connectivity index (χ0) is 21.8. The van der Waals surface area contributed by atoms with Crippen molar-refractivity contribution >= 4 is 35.1 Å². The molecule has 1 fully saturated rings. The van der Waals surface area contributed by atoms with Crippen molar-refractivity contribution in [3.8, 4) is 0 Å². The standard InChI is InChI=1S/C25H29N5O/c1-17-13-23(25(31)29-30(15-26)16-27)22-12-11-21(14-24(22)28-17)20-9-7-19(8-10-20)18-5-3-2-4-6-18/h7,9,11-16,18,26-27H,2-6,8,10H2,1H3,(H,29,31). The molecule has 31 heavy (non-hydrogen) atoms. The van der Waals surface area contributed by atoms with Crippen LogP contribution in [-0.4, -0.2) is 28.6 Å². The largest absolute Gasteiger partial charge is 0.289 e. The fourth-order valence-corrected chi connectivity index (χ4v) is 4.74. The van der Waals surface area contributed by atoms with Crippen molar-refractivity contribution in [3.63, 3.8) is 0 Å². The summed E-state index contributed by atoms with van der Waals surface area (Å²) in [5.41, 5.74) is 8.62. The van der Waals surface area contributed by atoms with Crippen LogP contribution in [0.3, 0.4) is 0 Å². The van der Waals surface area contributed by atoms with Gasteiger partial charge in [0.1, 0.15) is 12.7 Å². The second kappa shape index (κ2) is 9.25. The molecule has 2 aliphatic carbocycles.